The van der Waals surface area contributed by atoms with Crippen molar-refractivity contribution in [2.24, 2.45) is 14.1 Å². The minimum Gasteiger partial charge on any atom is -0.333 e. The van der Waals surface area contributed by atoms with Crippen molar-refractivity contribution in [3.05, 3.63) is 72.9 Å². The van der Waals surface area contributed by atoms with E-state index in [1.54, 1.807) is 0 Å². The molecule has 6 nitrogen and oxygen atoms in total. The lowest BCUT2D eigenvalue weighted by atomic mass is 10.2. The van der Waals surface area contributed by atoms with Crippen molar-refractivity contribution in [2.45, 2.75) is 13.1 Å². The molecule has 0 saturated carbocycles. The second-order valence-electron chi connectivity index (χ2n) is 8.27. The number of aryl methyl sites for hydroxylation is 1. The lowest BCUT2D eigenvalue weighted by Gasteiger charge is -2.22. The largest absolute Gasteiger partial charge is 0.333 e. The molecule has 0 saturated heterocycles. The van der Waals surface area contributed by atoms with Gasteiger partial charge in [0.25, 0.3) is 5.82 Å². The fourth-order valence-electron chi connectivity index (χ4n) is 4.88. The van der Waals surface area contributed by atoms with Crippen molar-refractivity contribution in [1.29, 1.82) is 0 Å². The minimum absolute atomic E-state index is 0.230. The smallest absolute Gasteiger partial charge is 0.283 e. The van der Waals surface area contributed by atoms with Crippen LogP contribution in [0.15, 0.2) is 72.9 Å². The quantitative estimate of drug-likeness (QED) is 0.409. The SMILES string of the molecule is C[C@H]1N(C)c2ccccc2N1c1cccc(-c2cn3c4ccccc4nc3n2C)[n+]1C. The number of hydrogen-bond acceptors (Lipinski definition) is 3. The Labute approximate surface area is 181 Å². The van der Waals surface area contributed by atoms with Crippen LogP contribution in [0.25, 0.3) is 28.2 Å². The summed E-state index contributed by atoms with van der Waals surface area (Å²) < 4.78 is 6.63. The van der Waals surface area contributed by atoms with Crippen LogP contribution in [0.4, 0.5) is 17.2 Å². The highest BCUT2D eigenvalue weighted by Gasteiger charge is 2.39. The molecule has 2 aromatic carbocycles. The van der Waals surface area contributed by atoms with E-state index in [4.69, 9.17) is 4.98 Å². The number of pyridine rings is 1. The summed E-state index contributed by atoms with van der Waals surface area (Å²) in [5.41, 5.74) is 6.91. The predicted molar refractivity (Wildman–Crippen MR) is 125 cm³/mol. The first-order valence-corrected chi connectivity index (χ1v) is 10.6. The van der Waals surface area contributed by atoms with Crippen LogP contribution in [0.1, 0.15) is 6.92 Å². The van der Waals surface area contributed by atoms with Gasteiger partial charge in [0.05, 0.1) is 23.8 Å². The topological polar surface area (TPSA) is 32.6 Å². The molecule has 31 heavy (non-hydrogen) atoms. The van der Waals surface area contributed by atoms with E-state index in [-0.39, 0.29) is 6.17 Å². The third-order valence-corrected chi connectivity index (χ3v) is 6.66. The van der Waals surface area contributed by atoms with Crippen LogP contribution in [0, 0.1) is 0 Å². The maximum absolute atomic E-state index is 4.84. The van der Waals surface area contributed by atoms with E-state index >= 15 is 0 Å². The summed E-state index contributed by atoms with van der Waals surface area (Å²) in [6.45, 7) is 2.25. The lowest BCUT2D eigenvalue weighted by Crippen LogP contribution is -2.44. The second-order valence-corrected chi connectivity index (χ2v) is 8.27. The highest BCUT2D eigenvalue weighted by atomic mass is 15.4. The number of nitrogens with zero attached hydrogens (tertiary/aromatic N) is 6. The van der Waals surface area contributed by atoms with Gasteiger partial charge in [0.15, 0.2) is 17.5 Å². The fraction of sp³-hybridized carbons (Fsp3) is 0.200. The van der Waals surface area contributed by atoms with Gasteiger partial charge in [-0.25, -0.2) is 14.5 Å². The molecule has 5 aromatic rings. The zero-order valence-corrected chi connectivity index (χ0v) is 18.2. The maximum Gasteiger partial charge on any atom is 0.283 e. The summed E-state index contributed by atoms with van der Waals surface area (Å²) in [5.74, 6) is 2.10. The molecule has 0 spiro atoms. The van der Waals surface area contributed by atoms with Crippen LogP contribution in [0.5, 0.6) is 0 Å². The maximum atomic E-state index is 4.84. The molecule has 0 fully saturated rings. The van der Waals surface area contributed by atoms with Gasteiger partial charge in [0, 0.05) is 26.4 Å². The number of anilines is 3. The van der Waals surface area contributed by atoms with Crippen molar-refractivity contribution in [3.8, 4) is 11.4 Å². The Morgan fingerprint density at radius 1 is 0.871 bits per heavy atom. The van der Waals surface area contributed by atoms with Crippen LogP contribution in [-0.4, -0.2) is 27.2 Å². The Morgan fingerprint density at radius 3 is 2.45 bits per heavy atom. The molecule has 0 bridgehead atoms. The van der Waals surface area contributed by atoms with Gasteiger partial charge in [-0.15, -0.1) is 0 Å². The second kappa shape index (κ2) is 6.35. The van der Waals surface area contributed by atoms with Crippen molar-refractivity contribution in [1.82, 2.24) is 14.0 Å². The molecule has 0 unspecified atom stereocenters. The van der Waals surface area contributed by atoms with Crippen LogP contribution in [0.2, 0.25) is 0 Å². The van der Waals surface area contributed by atoms with E-state index in [0.717, 1.165) is 34.0 Å². The molecule has 1 aliphatic rings. The van der Waals surface area contributed by atoms with Crippen LogP contribution >= 0.6 is 0 Å². The molecule has 6 heteroatoms. The van der Waals surface area contributed by atoms with Crippen molar-refractivity contribution in [3.63, 3.8) is 0 Å². The summed E-state index contributed by atoms with van der Waals surface area (Å²) in [4.78, 5) is 9.57. The van der Waals surface area contributed by atoms with E-state index in [9.17, 15) is 0 Å². The van der Waals surface area contributed by atoms with Gasteiger partial charge in [-0.3, -0.25) is 4.40 Å². The van der Waals surface area contributed by atoms with Gasteiger partial charge >= 0.3 is 0 Å². The Hall–Kier alpha value is -3.80. The average Bonchev–Trinajstić information content (AvgIpc) is 3.39. The molecule has 0 amide bonds. The van der Waals surface area contributed by atoms with Gasteiger partial charge in [0.1, 0.15) is 5.69 Å². The number of benzene rings is 2. The Kier molecular flexibility index (Phi) is 3.69. The standard InChI is InChI=1S/C25H25N6/c1-17-27(2)20-12-7-8-13-22(20)31(17)24-15-9-14-21(28(24)3)23-16-30-19-11-6-5-10-18(19)26-25(30)29(23)4/h5-17H,1-4H3/q+1/t17-/m0/s1. The molecule has 6 rings (SSSR count). The number of hydrogen-bond donors (Lipinski definition) is 0. The summed E-state index contributed by atoms with van der Waals surface area (Å²) in [5, 5.41) is 0. The first kappa shape index (κ1) is 18.0. The van der Waals surface area contributed by atoms with Gasteiger partial charge in [-0.2, -0.15) is 0 Å². The van der Waals surface area contributed by atoms with Crippen molar-refractivity contribution >= 4 is 34.0 Å². The van der Waals surface area contributed by atoms with E-state index < -0.39 is 0 Å². The fourth-order valence-corrected chi connectivity index (χ4v) is 4.88. The first-order valence-electron chi connectivity index (χ1n) is 10.6. The van der Waals surface area contributed by atoms with E-state index in [0.29, 0.717) is 0 Å². The van der Waals surface area contributed by atoms with Crippen LogP contribution < -0.4 is 14.4 Å². The number of aromatic nitrogens is 4. The molecular formula is C25H25N6+. The normalized spacial score (nSPS) is 15.9. The molecular weight excluding hydrogens is 384 g/mol. The van der Waals surface area contributed by atoms with Crippen LogP contribution in [-0.2, 0) is 14.1 Å². The zero-order valence-electron chi connectivity index (χ0n) is 18.2. The van der Waals surface area contributed by atoms with E-state index in [1.165, 1.54) is 11.4 Å². The first-order chi connectivity index (χ1) is 15.1. The molecule has 0 radical (unpaired) electrons. The lowest BCUT2D eigenvalue weighted by molar-refractivity contribution is -0.647. The Balaban J connectivity index is 1.53. The number of rotatable bonds is 2. The van der Waals surface area contributed by atoms with Crippen molar-refractivity contribution < 1.29 is 4.57 Å². The van der Waals surface area contributed by atoms with E-state index in [1.807, 2.05) is 6.07 Å². The molecule has 154 valence electrons. The highest BCUT2D eigenvalue weighted by Crippen LogP contribution is 2.42. The minimum atomic E-state index is 0.230. The summed E-state index contributed by atoms with van der Waals surface area (Å²) in [6, 6.07) is 23.4. The zero-order chi connectivity index (χ0) is 21.3. The monoisotopic (exact) mass is 409 g/mol. The van der Waals surface area contributed by atoms with E-state index in [2.05, 4.69) is 118 Å². The highest BCUT2D eigenvalue weighted by molar-refractivity contribution is 5.82. The Bertz CT molecular complexity index is 1460. The summed E-state index contributed by atoms with van der Waals surface area (Å²) >= 11 is 0. The molecule has 1 atom stereocenters. The molecule has 3 aromatic heterocycles. The molecule has 1 aliphatic heterocycles. The van der Waals surface area contributed by atoms with Gasteiger partial charge in [0.2, 0.25) is 5.78 Å². The van der Waals surface area contributed by atoms with Crippen molar-refractivity contribution in [2.75, 3.05) is 16.8 Å². The average molecular weight is 410 g/mol. The number of fused-ring (bicyclic) bond motifs is 4. The summed E-state index contributed by atoms with van der Waals surface area (Å²) in [6.07, 6.45) is 2.42. The predicted octanol–water partition coefficient (Wildman–Crippen LogP) is 4.25. The number of para-hydroxylation sites is 4. The van der Waals surface area contributed by atoms with Gasteiger partial charge in [-0.05, 0) is 43.3 Å². The molecule has 0 aliphatic carbocycles. The van der Waals surface area contributed by atoms with Crippen LogP contribution in [0.3, 0.4) is 0 Å². The Morgan fingerprint density at radius 2 is 1.61 bits per heavy atom. The third-order valence-electron chi connectivity index (χ3n) is 6.66. The third kappa shape index (κ3) is 2.39. The molecule has 4 heterocycles. The van der Waals surface area contributed by atoms with Gasteiger partial charge < -0.3 is 9.47 Å². The molecule has 0 N–H and O–H groups in total. The van der Waals surface area contributed by atoms with Gasteiger partial charge in [-0.1, -0.05) is 24.3 Å². The number of imidazole rings is 2. The summed E-state index contributed by atoms with van der Waals surface area (Å²) in [7, 11) is 6.39.